The largest absolute Gasteiger partial charge is 0.352 e. The Morgan fingerprint density at radius 1 is 0.862 bits per heavy atom. The van der Waals surface area contributed by atoms with Gasteiger partial charge in [0, 0.05) is 17.5 Å². The molecular weight excluding hydrogens is 356 g/mol. The standard InChI is InChI=1S/C26H32N2O/c1-3-4-5-6-7-8-14-19-27-26(29)24-20(2)25(21-15-10-9-11-16-21)28-23-18-13-12-17-22(23)24/h9-13,15-18H,3-8,14,19H2,1-2H3,(H,27,29). The van der Waals surface area contributed by atoms with Crippen LogP contribution in [0.1, 0.15) is 67.8 Å². The first-order valence-electron chi connectivity index (χ1n) is 11.0. The third-order valence-electron chi connectivity index (χ3n) is 5.48. The van der Waals surface area contributed by atoms with Gasteiger partial charge in [-0.3, -0.25) is 4.79 Å². The summed E-state index contributed by atoms with van der Waals surface area (Å²) < 4.78 is 0. The minimum absolute atomic E-state index is 0.00395. The molecule has 0 saturated heterocycles. The highest BCUT2D eigenvalue weighted by atomic mass is 16.1. The number of benzene rings is 2. The molecule has 0 atom stereocenters. The van der Waals surface area contributed by atoms with Crippen molar-refractivity contribution < 1.29 is 4.79 Å². The van der Waals surface area contributed by atoms with E-state index in [1.807, 2.05) is 61.5 Å². The molecule has 0 unspecified atom stereocenters. The predicted molar refractivity (Wildman–Crippen MR) is 122 cm³/mol. The van der Waals surface area contributed by atoms with Gasteiger partial charge in [-0.25, -0.2) is 4.98 Å². The summed E-state index contributed by atoms with van der Waals surface area (Å²) >= 11 is 0. The number of carbonyl (C=O) groups excluding carboxylic acids is 1. The van der Waals surface area contributed by atoms with Gasteiger partial charge in [-0.1, -0.05) is 94.0 Å². The zero-order valence-corrected chi connectivity index (χ0v) is 17.7. The first kappa shape index (κ1) is 21.0. The highest BCUT2D eigenvalue weighted by Gasteiger charge is 2.18. The van der Waals surface area contributed by atoms with E-state index < -0.39 is 0 Å². The SMILES string of the molecule is CCCCCCCCCNC(=O)c1c(C)c(-c2ccccc2)nc2ccccc12. The molecule has 3 heteroatoms. The molecule has 152 valence electrons. The first-order chi connectivity index (χ1) is 14.2. The summed E-state index contributed by atoms with van der Waals surface area (Å²) in [5.41, 5.74) is 4.46. The lowest BCUT2D eigenvalue weighted by molar-refractivity contribution is 0.0954. The predicted octanol–water partition coefficient (Wildman–Crippen LogP) is 6.69. The molecule has 0 aliphatic carbocycles. The van der Waals surface area contributed by atoms with E-state index >= 15 is 0 Å². The van der Waals surface area contributed by atoms with Crippen LogP contribution in [-0.2, 0) is 0 Å². The third kappa shape index (κ3) is 5.44. The van der Waals surface area contributed by atoms with Gasteiger partial charge in [0.05, 0.1) is 16.8 Å². The number of fused-ring (bicyclic) bond motifs is 1. The van der Waals surface area contributed by atoms with Crippen LogP contribution in [-0.4, -0.2) is 17.4 Å². The molecule has 0 fully saturated rings. The van der Waals surface area contributed by atoms with Gasteiger partial charge in [-0.15, -0.1) is 0 Å². The van der Waals surface area contributed by atoms with Crippen LogP contribution < -0.4 is 5.32 Å². The summed E-state index contributed by atoms with van der Waals surface area (Å²) in [5, 5.41) is 4.06. The van der Waals surface area contributed by atoms with E-state index in [0.717, 1.165) is 46.3 Å². The van der Waals surface area contributed by atoms with Gasteiger partial charge < -0.3 is 5.32 Å². The summed E-state index contributed by atoms with van der Waals surface area (Å²) in [7, 11) is 0. The van der Waals surface area contributed by atoms with Crippen LogP contribution >= 0.6 is 0 Å². The molecule has 3 aromatic rings. The molecule has 0 radical (unpaired) electrons. The lowest BCUT2D eigenvalue weighted by Gasteiger charge is -2.15. The molecule has 0 saturated carbocycles. The van der Waals surface area contributed by atoms with Gasteiger partial charge in [0.2, 0.25) is 0 Å². The number of hydrogen-bond acceptors (Lipinski definition) is 2. The second-order valence-electron chi connectivity index (χ2n) is 7.72. The van der Waals surface area contributed by atoms with Crippen molar-refractivity contribution in [3.8, 4) is 11.3 Å². The van der Waals surface area contributed by atoms with Gasteiger partial charge in [0.15, 0.2) is 0 Å². The maximum atomic E-state index is 13.1. The number of para-hydroxylation sites is 1. The Morgan fingerprint density at radius 2 is 1.52 bits per heavy atom. The van der Waals surface area contributed by atoms with Crippen molar-refractivity contribution in [2.45, 2.75) is 58.8 Å². The van der Waals surface area contributed by atoms with E-state index in [2.05, 4.69) is 12.2 Å². The van der Waals surface area contributed by atoms with Gasteiger partial charge in [-0.2, -0.15) is 0 Å². The van der Waals surface area contributed by atoms with E-state index in [0.29, 0.717) is 0 Å². The second-order valence-corrected chi connectivity index (χ2v) is 7.72. The van der Waals surface area contributed by atoms with E-state index in [-0.39, 0.29) is 5.91 Å². The van der Waals surface area contributed by atoms with Crippen LogP contribution in [0.3, 0.4) is 0 Å². The van der Waals surface area contributed by atoms with Crippen LogP contribution in [0.4, 0.5) is 0 Å². The number of rotatable bonds is 10. The topological polar surface area (TPSA) is 42.0 Å². The van der Waals surface area contributed by atoms with E-state index in [4.69, 9.17) is 4.98 Å². The monoisotopic (exact) mass is 388 g/mol. The smallest absolute Gasteiger partial charge is 0.252 e. The van der Waals surface area contributed by atoms with E-state index in [1.165, 1.54) is 38.5 Å². The molecule has 3 rings (SSSR count). The van der Waals surface area contributed by atoms with Gasteiger partial charge >= 0.3 is 0 Å². The van der Waals surface area contributed by atoms with Crippen molar-refractivity contribution in [1.82, 2.24) is 10.3 Å². The van der Waals surface area contributed by atoms with Crippen LogP contribution in [0.15, 0.2) is 54.6 Å². The molecule has 1 N–H and O–H groups in total. The summed E-state index contributed by atoms with van der Waals surface area (Å²) in [4.78, 5) is 18.0. The first-order valence-corrected chi connectivity index (χ1v) is 11.0. The second kappa shape index (κ2) is 10.8. The molecule has 0 aliphatic heterocycles. The zero-order chi connectivity index (χ0) is 20.5. The van der Waals surface area contributed by atoms with Crippen LogP contribution in [0, 0.1) is 6.92 Å². The Balaban J connectivity index is 1.74. The number of pyridine rings is 1. The average molecular weight is 389 g/mol. The quantitative estimate of drug-likeness (QED) is 0.393. The van der Waals surface area contributed by atoms with Crippen molar-refractivity contribution in [3.05, 3.63) is 65.7 Å². The average Bonchev–Trinajstić information content (AvgIpc) is 2.75. The molecule has 3 nitrogen and oxygen atoms in total. The number of aromatic nitrogens is 1. The number of amides is 1. The van der Waals surface area contributed by atoms with Gasteiger partial charge in [0.25, 0.3) is 5.91 Å². The zero-order valence-electron chi connectivity index (χ0n) is 17.7. The van der Waals surface area contributed by atoms with Gasteiger partial charge in [-0.05, 0) is 25.0 Å². The Hall–Kier alpha value is -2.68. The lowest BCUT2D eigenvalue weighted by Crippen LogP contribution is -2.26. The normalized spacial score (nSPS) is 11.0. The molecule has 2 aromatic carbocycles. The molecule has 1 aromatic heterocycles. The van der Waals surface area contributed by atoms with E-state index in [1.54, 1.807) is 0 Å². The van der Waals surface area contributed by atoms with Crippen molar-refractivity contribution in [2.24, 2.45) is 0 Å². The Kier molecular flexibility index (Phi) is 7.80. The minimum atomic E-state index is 0.00395. The number of unbranched alkanes of at least 4 members (excludes halogenated alkanes) is 6. The Morgan fingerprint density at radius 3 is 2.28 bits per heavy atom. The third-order valence-corrected chi connectivity index (χ3v) is 5.48. The number of carbonyl (C=O) groups is 1. The lowest BCUT2D eigenvalue weighted by atomic mass is 9.97. The number of nitrogens with one attached hydrogen (secondary N) is 1. The summed E-state index contributed by atoms with van der Waals surface area (Å²) in [6, 6.07) is 18.0. The Labute approximate surface area is 174 Å². The highest BCUT2D eigenvalue weighted by Crippen LogP contribution is 2.29. The fraction of sp³-hybridized carbons (Fsp3) is 0.385. The van der Waals surface area contributed by atoms with Gasteiger partial charge in [0.1, 0.15) is 0 Å². The van der Waals surface area contributed by atoms with Crippen molar-refractivity contribution in [3.63, 3.8) is 0 Å². The summed E-state index contributed by atoms with van der Waals surface area (Å²) in [6.45, 7) is 4.97. The molecule has 0 aliphatic rings. The van der Waals surface area contributed by atoms with Crippen molar-refractivity contribution >= 4 is 16.8 Å². The molecule has 29 heavy (non-hydrogen) atoms. The fourth-order valence-corrected chi connectivity index (χ4v) is 3.85. The maximum Gasteiger partial charge on any atom is 0.252 e. The van der Waals surface area contributed by atoms with Crippen LogP contribution in [0.25, 0.3) is 22.2 Å². The fourth-order valence-electron chi connectivity index (χ4n) is 3.85. The summed E-state index contributed by atoms with van der Waals surface area (Å²) in [5.74, 6) is 0.00395. The van der Waals surface area contributed by atoms with Crippen molar-refractivity contribution in [2.75, 3.05) is 6.54 Å². The molecule has 1 heterocycles. The highest BCUT2D eigenvalue weighted by molar-refractivity contribution is 6.08. The van der Waals surface area contributed by atoms with Crippen LogP contribution in [0.5, 0.6) is 0 Å². The molecular formula is C26H32N2O. The molecule has 1 amide bonds. The van der Waals surface area contributed by atoms with E-state index in [9.17, 15) is 4.79 Å². The number of nitrogens with zero attached hydrogens (tertiary/aromatic N) is 1. The Bertz CT molecular complexity index is 934. The summed E-state index contributed by atoms with van der Waals surface area (Å²) in [6.07, 6.45) is 8.70. The molecule has 0 bridgehead atoms. The number of hydrogen-bond donors (Lipinski definition) is 1. The maximum absolute atomic E-state index is 13.1. The van der Waals surface area contributed by atoms with Crippen LogP contribution in [0.2, 0.25) is 0 Å². The molecule has 0 spiro atoms. The minimum Gasteiger partial charge on any atom is -0.352 e. The van der Waals surface area contributed by atoms with Crippen molar-refractivity contribution in [1.29, 1.82) is 0 Å².